The van der Waals surface area contributed by atoms with E-state index >= 15 is 0 Å². The van der Waals surface area contributed by atoms with Gasteiger partial charge >= 0.3 is 0 Å². The molecule has 7 heteroatoms. The molecule has 0 aliphatic carbocycles. The lowest BCUT2D eigenvalue weighted by molar-refractivity contribution is 0.385. The molecule has 1 unspecified atom stereocenters. The first-order valence-electron chi connectivity index (χ1n) is 5.87. The van der Waals surface area contributed by atoms with E-state index in [1.165, 1.54) is 18.0 Å². The molecular formula is C12H16FN5O. The third-order valence-electron chi connectivity index (χ3n) is 2.86. The molecule has 2 aromatic rings. The van der Waals surface area contributed by atoms with Crippen LogP contribution in [0.3, 0.4) is 0 Å². The monoisotopic (exact) mass is 265 g/mol. The summed E-state index contributed by atoms with van der Waals surface area (Å²) in [6.07, 6.45) is 0.538. The number of nitrogens with zero attached hydrogens (tertiary/aromatic N) is 4. The van der Waals surface area contributed by atoms with Crippen LogP contribution < -0.4 is 10.1 Å². The van der Waals surface area contributed by atoms with Crippen molar-refractivity contribution in [1.82, 2.24) is 25.5 Å². The second kappa shape index (κ2) is 5.75. The van der Waals surface area contributed by atoms with Crippen LogP contribution in [0.25, 0.3) is 0 Å². The minimum atomic E-state index is -0.382. The first-order valence-corrected chi connectivity index (χ1v) is 5.87. The number of aryl methyl sites for hydroxylation is 1. The van der Waals surface area contributed by atoms with Crippen LogP contribution in [0, 0.1) is 5.82 Å². The minimum Gasteiger partial charge on any atom is -0.494 e. The van der Waals surface area contributed by atoms with E-state index in [1.54, 1.807) is 13.1 Å². The molecule has 0 fully saturated rings. The maximum Gasteiger partial charge on any atom is 0.176 e. The van der Waals surface area contributed by atoms with Gasteiger partial charge in [-0.25, -0.2) is 4.39 Å². The molecule has 6 nitrogen and oxygen atoms in total. The van der Waals surface area contributed by atoms with Gasteiger partial charge in [0.15, 0.2) is 17.4 Å². The number of hydrogen-bond donors (Lipinski definition) is 1. The maximum atomic E-state index is 13.7. The number of hydrogen-bond acceptors (Lipinski definition) is 5. The lowest BCUT2D eigenvalue weighted by Crippen LogP contribution is -2.19. The van der Waals surface area contributed by atoms with E-state index in [9.17, 15) is 4.39 Å². The zero-order valence-electron chi connectivity index (χ0n) is 11.1. The van der Waals surface area contributed by atoms with Gasteiger partial charge in [-0.05, 0) is 30.0 Å². The van der Waals surface area contributed by atoms with Crippen molar-refractivity contribution in [3.63, 3.8) is 0 Å². The summed E-state index contributed by atoms with van der Waals surface area (Å²) in [6, 6.07) is 4.80. The van der Waals surface area contributed by atoms with Gasteiger partial charge in [0.1, 0.15) is 0 Å². The van der Waals surface area contributed by atoms with Crippen molar-refractivity contribution >= 4 is 0 Å². The van der Waals surface area contributed by atoms with Gasteiger partial charge in [-0.1, -0.05) is 6.07 Å². The van der Waals surface area contributed by atoms with Gasteiger partial charge < -0.3 is 10.1 Å². The number of methoxy groups -OCH3 is 1. The van der Waals surface area contributed by atoms with E-state index in [-0.39, 0.29) is 17.6 Å². The molecule has 1 aromatic carbocycles. The lowest BCUT2D eigenvalue weighted by Gasteiger charge is -2.15. The first-order chi connectivity index (χ1) is 9.13. The first kappa shape index (κ1) is 13.4. The fraction of sp³-hybridized carbons (Fsp3) is 0.417. The Morgan fingerprint density at radius 3 is 2.79 bits per heavy atom. The molecule has 1 atom stereocenters. The van der Waals surface area contributed by atoms with Gasteiger partial charge in [0, 0.05) is 12.5 Å². The van der Waals surface area contributed by atoms with E-state index < -0.39 is 0 Å². The van der Waals surface area contributed by atoms with Crippen LogP contribution in [0.1, 0.15) is 17.4 Å². The molecule has 0 aliphatic heterocycles. The summed E-state index contributed by atoms with van der Waals surface area (Å²) in [5.41, 5.74) is 0.813. The van der Waals surface area contributed by atoms with Crippen LogP contribution in [0.4, 0.5) is 4.39 Å². The van der Waals surface area contributed by atoms with Crippen molar-refractivity contribution in [2.45, 2.75) is 12.5 Å². The Kier molecular flexibility index (Phi) is 4.06. The quantitative estimate of drug-likeness (QED) is 0.868. The third-order valence-corrected chi connectivity index (χ3v) is 2.86. The van der Waals surface area contributed by atoms with Crippen LogP contribution in [0.5, 0.6) is 5.75 Å². The predicted octanol–water partition coefficient (Wildman–Crippen LogP) is 0.861. The highest BCUT2D eigenvalue weighted by Crippen LogP contribution is 2.23. The summed E-state index contributed by atoms with van der Waals surface area (Å²) in [5, 5.41) is 14.9. The summed E-state index contributed by atoms with van der Waals surface area (Å²) in [6.45, 7) is 0. The summed E-state index contributed by atoms with van der Waals surface area (Å²) in [4.78, 5) is 1.40. The van der Waals surface area contributed by atoms with Crippen molar-refractivity contribution in [1.29, 1.82) is 0 Å². The Morgan fingerprint density at radius 1 is 1.47 bits per heavy atom. The number of benzene rings is 1. The molecular weight excluding hydrogens is 249 g/mol. The average molecular weight is 265 g/mol. The van der Waals surface area contributed by atoms with E-state index in [1.807, 2.05) is 13.1 Å². The number of tetrazole rings is 1. The Balaban J connectivity index is 2.19. The van der Waals surface area contributed by atoms with Crippen LogP contribution in [0.15, 0.2) is 18.2 Å². The van der Waals surface area contributed by atoms with E-state index in [4.69, 9.17) is 4.74 Å². The fourth-order valence-electron chi connectivity index (χ4n) is 1.87. The number of halogens is 1. The van der Waals surface area contributed by atoms with Crippen molar-refractivity contribution < 1.29 is 9.13 Å². The Morgan fingerprint density at radius 2 is 2.26 bits per heavy atom. The number of nitrogens with one attached hydrogen (secondary N) is 1. The van der Waals surface area contributed by atoms with Crippen LogP contribution in [-0.2, 0) is 13.5 Å². The molecule has 0 spiro atoms. The number of likely N-dealkylation sites (N-methyl/N-ethyl adjacent to an activating group) is 1. The van der Waals surface area contributed by atoms with Crippen molar-refractivity contribution in [2.24, 2.45) is 7.05 Å². The highest BCUT2D eigenvalue weighted by Gasteiger charge is 2.15. The Hall–Kier alpha value is -2.02. The minimum absolute atomic E-state index is 0.0791. The number of rotatable bonds is 5. The highest BCUT2D eigenvalue weighted by molar-refractivity contribution is 5.31. The van der Waals surface area contributed by atoms with Crippen LogP contribution in [-0.4, -0.2) is 34.4 Å². The summed E-state index contributed by atoms with van der Waals surface area (Å²) >= 11 is 0. The van der Waals surface area contributed by atoms with Crippen molar-refractivity contribution in [2.75, 3.05) is 14.2 Å². The smallest absolute Gasteiger partial charge is 0.176 e. The highest BCUT2D eigenvalue weighted by atomic mass is 19.1. The van der Waals surface area contributed by atoms with Crippen molar-refractivity contribution in [3.8, 4) is 5.75 Å². The Bertz CT molecular complexity index is 557. The summed E-state index contributed by atoms with van der Waals surface area (Å²) < 4.78 is 18.6. The molecule has 0 aliphatic rings. The second-order valence-corrected chi connectivity index (χ2v) is 4.13. The van der Waals surface area contributed by atoms with Crippen molar-refractivity contribution in [3.05, 3.63) is 35.4 Å². The molecule has 1 heterocycles. The molecule has 0 saturated carbocycles. The molecule has 19 heavy (non-hydrogen) atoms. The average Bonchev–Trinajstić information content (AvgIpc) is 2.81. The molecule has 102 valence electrons. The third kappa shape index (κ3) is 3.05. The van der Waals surface area contributed by atoms with Crippen LogP contribution in [0.2, 0.25) is 0 Å². The van der Waals surface area contributed by atoms with Gasteiger partial charge in [-0.3, -0.25) is 0 Å². The summed E-state index contributed by atoms with van der Waals surface area (Å²) in [7, 11) is 4.96. The molecule has 0 saturated heterocycles. The molecule has 1 aromatic heterocycles. The van der Waals surface area contributed by atoms with E-state index in [0.29, 0.717) is 12.2 Å². The zero-order valence-corrected chi connectivity index (χ0v) is 11.1. The normalized spacial score (nSPS) is 12.4. The molecule has 0 bridgehead atoms. The molecule has 1 N–H and O–H groups in total. The van der Waals surface area contributed by atoms with E-state index in [2.05, 4.69) is 20.7 Å². The number of ether oxygens (including phenoxy) is 1. The Labute approximate surface area is 110 Å². The van der Waals surface area contributed by atoms with Crippen LogP contribution >= 0.6 is 0 Å². The van der Waals surface area contributed by atoms with Gasteiger partial charge in [0.05, 0.1) is 14.2 Å². The van der Waals surface area contributed by atoms with Gasteiger partial charge in [0.2, 0.25) is 0 Å². The fourth-order valence-corrected chi connectivity index (χ4v) is 1.87. The second-order valence-electron chi connectivity index (χ2n) is 4.13. The standard InChI is InChI=1S/C12H16FN5O/c1-14-10(7-12-15-17-18(2)16-12)8-4-5-11(19-3)9(13)6-8/h4-6,10,14H,7H2,1-3H3. The number of aromatic nitrogens is 4. The molecule has 0 amide bonds. The maximum absolute atomic E-state index is 13.7. The summed E-state index contributed by atoms with van der Waals surface area (Å²) in [5.74, 6) is 0.460. The zero-order chi connectivity index (χ0) is 13.8. The molecule has 0 radical (unpaired) electrons. The molecule has 2 rings (SSSR count). The lowest BCUT2D eigenvalue weighted by atomic mass is 10.0. The van der Waals surface area contributed by atoms with E-state index in [0.717, 1.165) is 5.56 Å². The SMILES string of the molecule is CNC(Cc1nnn(C)n1)c1ccc(OC)c(F)c1. The van der Waals surface area contributed by atoms with Gasteiger partial charge in [-0.15, -0.1) is 10.2 Å². The van der Waals surface area contributed by atoms with Gasteiger partial charge in [0.25, 0.3) is 0 Å². The topological polar surface area (TPSA) is 64.9 Å². The largest absolute Gasteiger partial charge is 0.494 e. The van der Waals surface area contributed by atoms with Gasteiger partial charge in [-0.2, -0.15) is 4.80 Å². The predicted molar refractivity (Wildman–Crippen MR) is 67.3 cm³/mol.